The van der Waals surface area contributed by atoms with Gasteiger partial charge < -0.3 is 24.8 Å². The minimum absolute atomic E-state index is 0.261. The summed E-state index contributed by atoms with van der Waals surface area (Å²) in [6, 6.07) is 4.46. The normalized spacial score (nSPS) is 16.3. The molecule has 0 aliphatic carbocycles. The van der Waals surface area contributed by atoms with Gasteiger partial charge >= 0.3 is 12.0 Å². The number of carbonyl (C=O) groups excluding carboxylic acids is 2. The molecular formula is C21H30N2O5. The van der Waals surface area contributed by atoms with Crippen LogP contribution in [0.1, 0.15) is 58.1 Å². The predicted molar refractivity (Wildman–Crippen MR) is 106 cm³/mol. The van der Waals surface area contributed by atoms with Crippen molar-refractivity contribution >= 4 is 12.0 Å². The Hall–Kier alpha value is -2.70. The number of methoxy groups -OCH3 is 1. The molecule has 2 rings (SSSR count). The third-order valence-corrected chi connectivity index (χ3v) is 4.41. The fourth-order valence-corrected chi connectivity index (χ4v) is 3.07. The summed E-state index contributed by atoms with van der Waals surface area (Å²) in [6.45, 7) is 6.65. The van der Waals surface area contributed by atoms with Crippen molar-refractivity contribution in [2.75, 3.05) is 20.3 Å². The summed E-state index contributed by atoms with van der Waals surface area (Å²) in [5.74, 6) is 0.747. The highest BCUT2D eigenvalue weighted by Gasteiger charge is 2.33. The van der Waals surface area contributed by atoms with Gasteiger partial charge in [-0.15, -0.1) is 0 Å². The Balaban J connectivity index is 2.49. The number of esters is 1. The van der Waals surface area contributed by atoms with E-state index in [-0.39, 0.29) is 12.6 Å². The van der Waals surface area contributed by atoms with E-state index in [1.165, 1.54) is 0 Å². The van der Waals surface area contributed by atoms with Crippen molar-refractivity contribution in [3.05, 3.63) is 35.0 Å². The van der Waals surface area contributed by atoms with Gasteiger partial charge in [0.15, 0.2) is 11.5 Å². The Morgan fingerprint density at radius 3 is 2.57 bits per heavy atom. The summed E-state index contributed by atoms with van der Waals surface area (Å²) < 4.78 is 16.4. The number of carbonyl (C=O) groups is 2. The Morgan fingerprint density at radius 1 is 1.14 bits per heavy atom. The van der Waals surface area contributed by atoms with Crippen molar-refractivity contribution < 1.29 is 23.8 Å². The first-order chi connectivity index (χ1) is 13.5. The van der Waals surface area contributed by atoms with Crippen molar-refractivity contribution in [1.82, 2.24) is 10.6 Å². The molecule has 28 heavy (non-hydrogen) atoms. The summed E-state index contributed by atoms with van der Waals surface area (Å²) in [6.07, 6.45) is 3.26. The van der Waals surface area contributed by atoms with Crippen LogP contribution in [0.15, 0.2) is 29.5 Å². The number of benzene rings is 1. The van der Waals surface area contributed by atoms with Gasteiger partial charge in [0.2, 0.25) is 0 Å². The largest absolute Gasteiger partial charge is 0.493 e. The molecule has 0 saturated carbocycles. The first-order valence-corrected chi connectivity index (χ1v) is 9.84. The number of nitrogens with one attached hydrogen (secondary N) is 2. The molecule has 1 heterocycles. The second-order valence-corrected chi connectivity index (χ2v) is 6.51. The van der Waals surface area contributed by atoms with Crippen LogP contribution in [-0.2, 0) is 9.53 Å². The van der Waals surface area contributed by atoms with Crippen molar-refractivity contribution in [3.63, 3.8) is 0 Å². The van der Waals surface area contributed by atoms with Crippen molar-refractivity contribution in [3.8, 4) is 11.5 Å². The Labute approximate surface area is 166 Å². The fourth-order valence-electron chi connectivity index (χ4n) is 3.07. The maximum atomic E-state index is 12.7. The Morgan fingerprint density at radius 2 is 1.93 bits per heavy atom. The number of amides is 2. The number of urea groups is 1. The molecule has 7 nitrogen and oxygen atoms in total. The van der Waals surface area contributed by atoms with Gasteiger partial charge in [-0.05, 0) is 43.9 Å². The van der Waals surface area contributed by atoms with Crippen LogP contribution in [-0.4, -0.2) is 32.3 Å². The maximum Gasteiger partial charge on any atom is 0.338 e. The van der Waals surface area contributed by atoms with E-state index in [1.54, 1.807) is 26.2 Å². The number of hydrogen-bond donors (Lipinski definition) is 2. The zero-order valence-electron chi connectivity index (χ0n) is 17.1. The van der Waals surface area contributed by atoms with E-state index in [2.05, 4.69) is 17.6 Å². The first-order valence-electron chi connectivity index (χ1n) is 9.84. The predicted octanol–water partition coefficient (Wildman–Crippen LogP) is 3.85. The lowest BCUT2D eigenvalue weighted by molar-refractivity contribution is -0.139. The number of unbranched alkanes of at least 4 members (excludes halogenated alkanes) is 1. The smallest absolute Gasteiger partial charge is 0.338 e. The number of ether oxygens (including phenoxy) is 3. The highest BCUT2D eigenvalue weighted by molar-refractivity contribution is 5.95. The molecule has 0 aromatic heterocycles. The minimum atomic E-state index is -0.616. The van der Waals surface area contributed by atoms with Crippen LogP contribution >= 0.6 is 0 Å². The molecule has 2 amide bonds. The van der Waals surface area contributed by atoms with Gasteiger partial charge in [0.25, 0.3) is 0 Å². The average Bonchev–Trinajstić information content (AvgIpc) is 2.70. The van der Waals surface area contributed by atoms with Crippen molar-refractivity contribution in [2.24, 2.45) is 0 Å². The van der Waals surface area contributed by atoms with Gasteiger partial charge in [0, 0.05) is 5.70 Å². The van der Waals surface area contributed by atoms with E-state index < -0.39 is 12.0 Å². The minimum Gasteiger partial charge on any atom is -0.493 e. The number of rotatable bonds is 10. The van der Waals surface area contributed by atoms with E-state index in [0.29, 0.717) is 35.8 Å². The molecule has 7 heteroatoms. The third-order valence-electron chi connectivity index (χ3n) is 4.41. The van der Waals surface area contributed by atoms with E-state index in [4.69, 9.17) is 14.2 Å². The van der Waals surface area contributed by atoms with Crippen LogP contribution in [0.4, 0.5) is 4.79 Å². The van der Waals surface area contributed by atoms with Gasteiger partial charge in [-0.3, -0.25) is 0 Å². The fraction of sp³-hybridized carbons (Fsp3) is 0.524. The second kappa shape index (κ2) is 10.6. The lowest BCUT2D eigenvalue weighted by Crippen LogP contribution is -2.46. The molecule has 1 unspecified atom stereocenters. The van der Waals surface area contributed by atoms with Crippen molar-refractivity contribution in [2.45, 2.75) is 52.5 Å². The van der Waals surface area contributed by atoms with Gasteiger partial charge in [-0.2, -0.15) is 0 Å². The number of hydrogen-bond acceptors (Lipinski definition) is 5. The first kappa shape index (κ1) is 21.6. The van der Waals surface area contributed by atoms with Crippen LogP contribution in [0.5, 0.6) is 11.5 Å². The van der Waals surface area contributed by atoms with Gasteiger partial charge in [-0.25, -0.2) is 9.59 Å². The van der Waals surface area contributed by atoms with E-state index in [0.717, 1.165) is 24.8 Å². The molecule has 1 aromatic carbocycles. The van der Waals surface area contributed by atoms with Crippen molar-refractivity contribution in [1.29, 1.82) is 0 Å². The molecule has 2 N–H and O–H groups in total. The van der Waals surface area contributed by atoms with Gasteiger partial charge in [0.05, 0.1) is 31.9 Å². The van der Waals surface area contributed by atoms with Crippen LogP contribution in [0.25, 0.3) is 0 Å². The maximum absolute atomic E-state index is 12.7. The summed E-state index contributed by atoms with van der Waals surface area (Å²) >= 11 is 0. The van der Waals surface area contributed by atoms with Crippen LogP contribution in [0, 0.1) is 0 Å². The zero-order valence-corrected chi connectivity index (χ0v) is 17.1. The standard InChI is InChI=1S/C21H30N2O5/c1-5-8-9-15-18(20(24)27-7-3)19(23-21(25)22-15)14-10-11-16(26-4)17(13-14)28-12-6-2/h10-11,13,19H,5-9,12H2,1-4H3,(H2,22,23,25). The highest BCUT2D eigenvalue weighted by atomic mass is 16.5. The molecule has 0 saturated heterocycles. The molecule has 1 aromatic rings. The topological polar surface area (TPSA) is 85.9 Å². The summed E-state index contributed by atoms with van der Waals surface area (Å²) in [7, 11) is 1.58. The lowest BCUT2D eigenvalue weighted by atomic mass is 9.93. The zero-order chi connectivity index (χ0) is 20.5. The SMILES string of the molecule is CCCCC1=C(C(=O)OCC)C(c2ccc(OC)c(OCCC)c2)NC(=O)N1. The van der Waals surface area contributed by atoms with E-state index >= 15 is 0 Å². The molecule has 0 radical (unpaired) electrons. The highest BCUT2D eigenvalue weighted by Crippen LogP contribution is 2.35. The van der Waals surface area contributed by atoms with E-state index in [9.17, 15) is 9.59 Å². The number of allylic oxidation sites excluding steroid dienone is 1. The third kappa shape index (κ3) is 5.18. The van der Waals surface area contributed by atoms with Crippen LogP contribution in [0.2, 0.25) is 0 Å². The van der Waals surface area contributed by atoms with E-state index in [1.807, 2.05) is 13.0 Å². The summed E-state index contributed by atoms with van der Waals surface area (Å²) in [5, 5.41) is 5.63. The van der Waals surface area contributed by atoms with Crippen LogP contribution in [0.3, 0.4) is 0 Å². The van der Waals surface area contributed by atoms with Gasteiger partial charge in [0.1, 0.15) is 0 Å². The molecular weight excluding hydrogens is 360 g/mol. The molecule has 1 aliphatic heterocycles. The second-order valence-electron chi connectivity index (χ2n) is 6.51. The van der Waals surface area contributed by atoms with Gasteiger partial charge in [-0.1, -0.05) is 26.3 Å². The summed E-state index contributed by atoms with van der Waals surface area (Å²) in [4.78, 5) is 25.0. The summed E-state index contributed by atoms with van der Waals surface area (Å²) in [5.41, 5.74) is 1.78. The molecule has 0 spiro atoms. The Bertz CT molecular complexity index is 730. The molecule has 0 bridgehead atoms. The monoisotopic (exact) mass is 390 g/mol. The molecule has 154 valence electrons. The Kier molecular flexibility index (Phi) is 8.17. The van der Waals surface area contributed by atoms with Crippen LogP contribution < -0.4 is 20.1 Å². The lowest BCUT2D eigenvalue weighted by Gasteiger charge is -2.30. The molecule has 1 atom stereocenters. The molecule has 0 fully saturated rings. The average molecular weight is 390 g/mol. The molecule has 1 aliphatic rings. The quantitative estimate of drug-likeness (QED) is 0.593.